The van der Waals surface area contributed by atoms with Crippen molar-refractivity contribution >= 4 is 28.5 Å². The van der Waals surface area contributed by atoms with Gasteiger partial charge in [0.15, 0.2) is 0 Å². The molecule has 1 saturated heterocycles. The maximum atomic E-state index is 11.5. The maximum absolute atomic E-state index is 11.5. The Hall–Kier alpha value is -1.50. The van der Waals surface area contributed by atoms with Crippen LogP contribution in [0, 0.1) is 0 Å². The fourth-order valence-corrected chi connectivity index (χ4v) is 2.27. The Kier molecular flexibility index (Phi) is 3.37. The minimum absolute atomic E-state index is 0.215. The number of rotatable bonds is 3. The normalized spacial score (nSPS) is 20.5. The molecular weight excluding hydrogens is 240 g/mol. The molecule has 2 N–H and O–H groups in total. The highest BCUT2D eigenvalue weighted by atomic mass is 32.1. The van der Waals surface area contributed by atoms with Crippen LogP contribution in [0.25, 0.3) is 0 Å². The van der Waals surface area contributed by atoms with Crippen LogP contribution in [-0.2, 0) is 9.59 Å². The molecule has 0 spiro atoms. The number of nitrogens with one attached hydrogen (secondary N) is 2. The number of carbonyl (C=O) groups is 2. The third-order valence-electron chi connectivity index (χ3n) is 2.50. The van der Waals surface area contributed by atoms with E-state index < -0.39 is 0 Å². The zero-order valence-electron chi connectivity index (χ0n) is 9.69. The van der Waals surface area contributed by atoms with E-state index in [4.69, 9.17) is 0 Å². The lowest BCUT2D eigenvalue weighted by Crippen LogP contribution is -2.47. The Balaban J connectivity index is 2.00. The second kappa shape index (κ2) is 4.79. The first kappa shape index (κ1) is 12.0. The topological polar surface area (TPSA) is 84.0 Å². The minimum Gasteiger partial charge on any atom is -0.348 e. The summed E-state index contributed by atoms with van der Waals surface area (Å²) >= 11 is 1.24. The Morgan fingerprint density at radius 1 is 1.47 bits per heavy atom. The molecule has 2 heterocycles. The Bertz CT molecular complexity index is 443. The molecule has 0 bridgehead atoms. The van der Waals surface area contributed by atoms with Crippen LogP contribution in [0.1, 0.15) is 38.4 Å². The number of anilines is 1. The molecule has 0 aromatic carbocycles. The van der Waals surface area contributed by atoms with Crippen molar-refractivity contribution in [2.75, 3.05) is 5.32 Å². The lowest BCUT2D eigenvalue weighted by atomic mass is 10.1. The van der Waals surface area contributed by atoms with Crippen molar-refractivity contribution in [2.45, 2.75) is 38.6 Å². The van der Waals surface area contributed by atoms with Gasteiger partial charge < -0.3 is 5.32 Å². The second-order valence-electron chi connectivity index (χ2n) is 4.26. The molecule has 1 atom stereocenters. The van der Waals surface area contributed by atoms with Gasteiger partial charge in [-0.3, -0.25) is 14.9 Å². The van der Waals surface area contributed by atoms with E-state index in [0.29, 0.717) is 18.0 Å². The van der Waals surface area contributed by atoms with Gasteiger partial charge in [0.05, 0.1) is 0 Å². The van der Waals surface area contributed by atoms with Gasteiger partial charge in [-0.1, -0.05) is 13.8 Å². The van der Waals surface area contributed by atoms with Crippen molar-refractivity contribution < 1.29 is 9.59 Å². The van der Waals surface area contributed by atoms with Crippen LogP contribution in [0.4, 0.5) is 5.13 Å². The lowest BCUT2D eigenvalue weighted by molar-refractivity contribution is -0.133. The van der Waals surface area contributed by atoms with E-state index in [9.17, 15) is 9.59 Å². The van der Waals surface area contributed by atoms with Crippen molar-refractivity contribution in [1.29, 1.82) is 0 Å². The first-order valence-corrected chi connectivity index (χ1v) is 6.27. The van der Waals surface area contributed by atoms with Gasteiger partial charge in [-0.2, -0.15) is 4.37 Å². The van der Waals surface area contributed by atoms with Gasteiger partial charge in [0.1, 0.15) is 11.9 Å². The van der Waals surface area contributed by atoms with Crippen molar-refractivity contribution in [3.8, 4) is 0 Å². The number of aromatic nitrogens is 2. The van der Waals surface area contributed by atoms with Crippen LogP contribution in [-0.4, -0.2) is 27.2 Å². The van der Waals surface area contributed by atoms with E-state index in [1.807, 2.05) is 13.8 Å². The highest BCUT2D eigenvalue weighted by Gasteiger charge is 2.27. The van der Waals surface area contributed by atoms with E-state index in [0.717, 1.165) is 5.82 Å². The van der Waals surface area contributed by atoms with Crippen molar-refractivity contribution in [3.05, 3.63) is 5.82 Å². The molecule has 0 radical (unpaired) electrons. The molecule has 1 unspecified atom stereocenters. The number of piperidine rings is 1. The maximum Gasteiger partial charge on any atom is 0.249 e. The smallest absolute Gasteiger partial charge is 0.249 e. The van der Waals surface area contributed by atoms with Crippen LogP contribution in [0.2, 0.25) is 0 Å². The van der Waals surface area contributed by atoms with Crippen molar-refractivity contribution in [1.82, 2.24) is 14.7 Å². The second-order valence-corrected chi connectivity index (χ2v) is 5.01. The predicted molar refractivity (Wildman–Crippen MR) is 63.8 cm³/mol. The number of imide groups is 1. The molecule has 1 aliphatic rings. The van der Waals surface area contributed by atoms with Crippen LogP contribution < -0.4 is 10.6 Å². The average molecular weight is 254 g/mol. The molecule has 0 saturated carbocycles. The van der Waals surface area contributed by atoms with E-state index in [2.05, 4.69) is 20.0 Å². The molecule has 17 heavy (non-hydrogen) atoms. The third-order valence-corrected chi connectivity index (χ3v) is 3.16. The van der Waals surface area contributed by atoms with E-state index in [-0.39, 0.29) is 23.8 Å². The SMILES string of the molecule is CC(C)c1nsc(NC2CCC(=O)NC2=O)n1. The number of carbonyl (C=O) groups excluding carboxylic acids is 2. The number of nitrogens with zero attached hydrogens (tertiary/aromatic N) is 2. The summed E-state index contributed by atoms with van der Waals surface area (Å²) in [5, 5.41) is 5.93. The molecule has 1 fully saturated rings. The summed E-state index contributed by atoms with van der Waals surface area (Å²) < 4.78 is 4.19. The van der Waals surface area contributed by atoms with Crippen molar-refractivity contribution in [3.63, 3.8) is 0 Å². The Labute approximate surface area is 103 Å². The lowest BCUT2D eigenvalue weighted by Gasteiger charge is -2.20. The van der Waals surface area contributed by atoms with E-state index >= 15 is 0 Å². The van der Waals surface area contributed by atoms with Gasteiger partial charge in [0.25, 0.3) is 0 Å². The predicted octanol–water partition coefficient (Wildman–Crippen LogP) is 0.879. The molecule has 92 valence electrons. The summed E-state index contributed by atoms with van der Waals surface area (Å²) in [4.78, 5) is 26.8. The Morgan fingerprint density at radius 3 is 2.82 bits per heavy atom. The van der Waals surface area contributed by atoms with Crippen molar-refractivity contribution in [2.24, 2.45) is 0 Å². The van der Waals surface area contributed by atoms with Gasteiger partial charge >= 0.3 is 0 Å². The summed E-state index contributed by atoms with van der Waals surface area (Å²) in [5.74, 6) is 0.532. The largest absolute Gasteiger partial charge is 0.348 e. The number of hydrogen-bond acceptors (Lipinski definition) is 6. The minimum atomic E-state index is -0.388. The summed E-state index contributed by atoms with van der Waals surface area (Å²) in [7, 11) is 0. The molecule has 6 nitrogen and oxygen atoms in total. The van der Waals surface area contributed by atoms with Gasteiger partial charge in [-0.25, -0.2) is 4.98 Å². The monoisotopic (exact) mass is 254 g/mol. The van der Waals surface area contributed by atoms with Crippen LogP contribution in [0.5, 0.6) is 0 Å². The van der Waals surface area contributed by atoms with Gasteiger partial charge in [-0.15, -0.1) is 0 Å². The fraction of sp³-hybridized carbons (Fsp3) is 0.600. The number of hydrogen-bond donors (Lipinski definition) is 2. The summed E-state index contributed by atoms with van der Waals surface area (Å²) in [6.07, 6.45) is 0.862. The van der Waals surface area contributed by atoms with Gasteiger partial charge in [0.2, 0.25) is 16.9 Å². The van der Waals surface area contributed by atoms with Gasteiger partial charge in [0, 0.05) is 23.9 Å². The molecule has 1 aromatic heterocycles. The molecule has 0 aliphatic carbocycles. The van der Waals surface area contributed by atoms with E-state index in [1.54, 1.807) is 0 Å². The number of amides is 2. The average Bonchev–Trinajstić information content (AvgIpc) is 2.71. The quantitative estimate of drug-likeness (QED) is 0.782. The summed E-state index contributed by atoms with van der Waals surface area (Å²) in [5.41, 5.74) is 0. The van der Waals surface area contributed by atoms with Gasteiger partial charge in [-0.05, 0) is 6.42 Å². The molecule has 1 aromatic rings. The molecular formula is C10H14N4O2S. The van der Waals surface area contributed by atoms with Crippen LogP contribution in [0.3, 0.4) is 0 Å². The summed E-state index contributed by atoms with van der Waals surface area (Å²) in [6, 6.07) is -0.388. The molecule has 2 amide bonds. The van der Waals surface area contributed by atoms with Crippen LogP contribution >= 0.6 is 11.5 Å². The Morgan fingerprint density at radius 2 is 2.24 bits per heavy atom. The highest BCUT2D eigenvalue weighted by Crippen LogP contribution is 2.19. The standard InChI is InChI=1S/C10H14N4O2S/c1-5(2)8-13-10(17-14-8)11-6-3-4-7(15)12-9(6)16/h5-6H,3-4H2,1-2H3,(H,11,13,14)(H,12,15,16). The highest BCUT2D eigenvalue weighted by molar-refractivity contribution is 7.09. The first-order valence-electron chi connectivity index (χ1n) is 5.50. The zero-order valence-corrected chi connectivity index (χ0v) is 10.5. The van der Waals surface area contributed by atoms with Crippen LogP contribution in [0.15, 0.2) is 0 Å². The zero-order chi connectivity index (χ0) is 12.4. The molecule has 2 rings (SSSR count). The van der Waals surface area contributed by atoms with E-state index in [1.165, 1.54) is 11.5 Å². The molecule has 7 heteroatoms. The fourth-order valence-electron chi connectivity index (χ4n) is 1.51. The molecule has 1 aliphatic heterocycles. The third kappa shape index (κ3) is 2.79. The summed E-state index contributed by atoms with van der Waals surface area (Å²) in [6.45, 7) is 4.02. The first-order chi connectivity index (χ1) is 8.06.